The third kappa shape index (κ3) is 7.07. The molecule has 3 rings (SSSR count). The van der Waals surface area contributed by atoms with Gasteiger partial charge in [-0.05, 0) is 61.0 Å². The predicted octanol–water partition coefficient (Wildman–Crippen LogP) is 3.46. The summed E-state index contributed by atoms with van der Waals surface area (Å²) in [5, 5.41) is 2.49. The molecule has 1 N–H and O–H groups in total. The van der Waals surface area contributed by atoms with Crippen molar-refractivity contribution in [1.82, 2.24) is 10.2 Å². The lowest BCUT2D eigenvalue weighted by Gasteiger charge is -2.22. The van der Waals surface area contributed by atoms with Crippen molar-refractivity contribution in [2.45, 2.75) is 24.9 Å². The van der Waals surface area contributed by atoms with E-state index in [0.29, 0.717) is 11.3 Å². The maximum absolute atomic E-state index is 13.1. The Kier molecular flexibility index (Phi) is 8.25. The second kappa shape index (κ2) is 11.3. The number of urea groups is 1. The van der Waals surface area contributed by atoms with Gasteiger partial charge in [-0.15, -0.1) is 0 Å². The van der Waals surface area contributed by atoms with Crippen molar-refractivity contribution in [2.75, 3.05) is 13.2 Å². The third-order valence-corrected chi connectivity index (χ3v) is 5.74. The van der Waals surface area contributed by atoms with Crippen molar-refractivity contribution < 1.29 is 35.7 Å². The summed E-state index contributed by atoms with van der Waals surface area (Å²) in [6.07, 6.45) is 1.47. The van der Waals surface area contributed by atoms with E-state index < -0.39 is 27.9 Å². The van der Waals surface area contributed by atoms with Crippen LogP contribution in [0.2, 0.25) is 0 Å². The number of nitrogens with one attached hydrogen (secondary N) is 1. The Labute approximate surface area is 196 Å². The average molecular weight is 491 g/mol. The van der Waals surface area contributed by atoms with Crippen LogP contribution in [0.1, 0.15) is 18.2 Å². The molecule has 0 saturated carbocycles. The molecule has 0 fully saturated rings. The molecule has 2 aromatic carbocycles. The molecule has 2 amide bonds. The first-order valence-electron chi connectivity index (χ1n) is 10.3. The van der Waals surface area contributed by atoms with Crippen LogP contribution < -0.4 is 9.50 Å². The number of carbonyl (C=O) groups is 2. The van der Waals surface area contributed by atoms with E-state index in [4.69, 9.17) is 13.3 Å². The molecule has 0 aliphatic rings. The molecule has 0 bridgehead atoms. The molecule has 1 heterocycles. The summed E-state index contributed by atoms with van der Waals surface area (Å²) in [4.78, 5) is 25.5. The highest BCUT2D eigenvalue weighted by Crippen LogP contribution is 2.21. The van der Waals surface area contributed by atoms with E-state index >= 15 is 0 Å². The Hall–Kier alpha value is -3.86. The van der Waals surface area contributed by atoms with Crippen LogP contribution in [-0.4, -0.2) is 38.5 Å². The number of rotatable bonds is 10. The normalized spacial score (nSPS) is 11.0. The molecular weight excluding hydrogens is 467 g/mol. The number of esters is 1. The van der Waals surface area contributed by atoms with Gasteiger partial charge in [0.1, 0.15) is 28.8 Å². The molecule has 34 heavy (non-hydrogen) atoms. The van der Waals surface area contributed by atoms with Crippen LogP contribution >= 0.6 is 0 Å². The van der Waals surface area contributed by atoms with Crippen LogP contribution in [0.25, 0.3) is 0 Å². The first-order valence-corrected chi connectivity index (χ1v) is 11.7. The molecule has 0 saturated heterocycles. The molecule has 3 aromatic rings. The fraction of sp³-hybridized carbons (Fsp3) is 0.217. The second-order valence-electron chi connectivity index (χ2n) is 7.04. The summed E-state index contributed by atoms with van der Waals surface area (Å²) in [5.41, 5.74) is 0.560. The molecular formula is C23H23FN2O7S. The molecule has 1 aromatic heterocycles. The van der Waals surface area contributed by atoms with E-state index in [1.54, 1.807) is 31.2 Å². The first-order chi connectivity index (χ1) is 16.3. The van der Waals surface area contributed by atoms with Gasteiger partial charge in [0.25, 0.3) is 0 Å². The SMILES string of the molecule is CCOC(=O)CNC(=O)N(Cc1cccc(OS(=O)(=O)c2ccc(F)cc2)c1)Cc1ccco1. The van der Waals surface area contributed by atoms with Crippen LogP contribution in [0, 0.1) is 5.82 Å². The monoisotopic (exact) mass is 490 g/mol. The Morgan fingerprint density at radius 1 is 1.06 bits per heavy atom. The number of amides is 2. The minimum Gasteiger partial charge on any atom is -0.467 e. The molecule has 0 spiro atoms. The van der Waals surface area contributed by atoms with E-state index in [9.17, 15) is 22.4 Å². The van der Waals surface area contributed by atoms with Crippen LogP contribution in [0.15, 0.2) is 76.2 Å². The van der Waals surface area contributed by atoms with Gasteiger partial charge < -0.3 is 23.6 Å². The molecule has 9 nitrogen and oxygen atoms in total. The van der Waals surface area contributed by atoms with E-state index in [-0.39, 0.29) is 36.9 Å². The smallest absolute Gasteiger partial charge is 0.339 e. The first kappa shape index (κ1) is 24.8. The minimum absolute atomic E-state index is 0.0201. The number of furan rings is 1. The van der Waals surface area contributed by atoms with Crippen molar-refractivity contribution in [3.63, 3.8) is 0 Å². The van der Waals surface area contributed by atoms with Gasteiger partial charge in [-0.1, -0.05) is 12.1 Å². The van der Waals surface area contributed by atoms with Gasteiger partial charge in [-0.2, -0.15) is 8.42 Å². The molecule has 180 valence electrons. The highest BCUT2D eigenvalue weighted by Gasteiger charge is 2.19. The van der Waals surface area contributed by atoms with Crippen molar-refractivity contribution in [3.05, 3.63) is 84.1 Å². The van der Waals surface area contributed by atoms with E-state index in [2.05, 4.69) is 5.32 Å². The van der Waals surface area contributed by atoms with Gasteiger partial charge >= 0.3 is 22.1 Å². The lowest BCUT2D eigenvalue weighted by molar-refractivity contribution is -0.141. The van der Waals surface area contributed by atoms with Crippen molar-refractivity contribution in [1.29, 1.82) is 0 Å². The van der Waals surface area contributed by atoms with Crippen LogP contribution in [-0.2, 0) is 32.7 Å². The van der Waals surface area contributed by atoms with Crippen LogP contribution in [0.4, 0.5) is 9.18 Å². The molecule has 0 aliphatic carbocycles. The Morgan fingerprint density at radius 2 is 1.82 bits per heavy atom. The van der Waals surface area contributed by atoms with Crippen LogP contribution in [0.3, 0.4) is 0 Å². The van der Waals surface area contributed by atoms with Crippen molar-refractivity contribution in [2.24, 2.45) is 0 Å². The summed E-state index contributed by atoms with van der Waals surface area (Å²) in [7, 11) is -4.18. The molecule has 11 heteroatoms. The number of hydrogen-bond acceptors (Lipinski definition) is 7. The summed E-state index contributed by atoms with van der Waals surface area (Å²) < 4.78 is 53.4. The number of benzene rings is 2. The molecule has 0 atom stereocenters. The molecule has 0 aliphatic heterocycles. The quantitative estimate of drug-likeness (QED) is 0.342. The zero-order chi connectivity index (χ0) is 24.6. The molecule has 0 radical (unpaired) electrons. The van der Waals surface area contributed by atoms with E-state index in [1.807, 2.05) is 0 Å². The standard InChI is InChI=1S/C23H23FN2O7S/c1-2-31-22(27)14-25-23(28)26(16-20-7-4-12-32-20)15-17-5-3-6-19(13-17)33-34(29,30)21-10-8-18(24)9-11-21/h3-13H,2,14-16H2,1H3,(H,25,28). The average Bonchev–Trinajstić information content (AvgIpc) is 3.31. The Bertz CT molecular complexity index is 1210. The number of hydrogen-bond donors (Lipinski definition) is 1. The maximum Gasteiger partial charge on any atom is 0.339 e. The summed E-state index contributed by atoms with van der Waals surface area (Å²) in [5.74, 6) is -0.613. The maximum atomic E-state index is 13.1. The van der Waals surface area contributed by atoms with E-state index in [1.165, 1.54) is 23.3 Å². The highest BCUT2D eigenvalue weighted by atomic mass is 32.2. The lowest BCUT2D eigenvalue weighted by Crippen LogP contribution is -2.41. The molecule has 0 unspecified atom stereocenters. The number of ether oxygens (including phenoxy) is 1. The van der Waals surface area contributed by atoms with Gasteiger partial charge in [-0.25, -0.2) is 9.18 Å². The summed E-state index contributed by atoms with van der Waals surface area (Å²) in [6.45, 7) is 1.71. The zero-order valence-electron chi connectivity index (χ0n) is 18.3. The second-order valence-corrected chi connectivity index (χ2v) is 8.58. The Balaban J connectivity index is 1.74. The van der Waals surface area contributed by atoms with Crippen molar-refractivity contribution in [3.8, 4) is 5.75 Å². The number of carbonyl (C=O) groups excluding carboxylic acids is 2. The predicted molar refractivity (Wildman–Crippen MR) is 119 cm³/mol. The van der Waals surface area contributed by atoms with E-state index in [0.717, 1.165) is 24.3 Å². The highest BCUT2D eigenvalue weighted by molar-refractivity contribution is 7.87. The van der Waals surface area contributed by atoms with Gasteiger partial charge in [-0.3, -0.25) is 4.79 Å². The summed E-state index contributed by atoms with van der Waals surface area (Å²) in [6, 6.07) is 13.3. The van der Waals surface area contributed by atoms with Gasteiger partial charge in [0.15, 0.2) is 0 Å². The minimum atomic E-state index is -4.18. The largest absolute Gasteiger partial charge is 0.467 e. The Morgan fingerprint density at radius 3 is 2.50 bits per heavy atom. The third-order valence-electron chi connectivity index (χ3n) is 4.48. The van der Waals surface area contributed by atoms with Gasteiger partial charge in [0.2, 0.25) is 0 Å². The fourth-order valence-electron chi connectivity index (χ4n) is 2.95. The fourth-order valence-corrected chi connectivity index (χ4v) is 3.88. The van der Waals surface area contributed by atoms with Gasteiger partial charge in [0, 0.05) is 6.54 Å². The van der Waals surface area contributed by atoms with Crippen LogP contribution in [0.5, 0.6) is 5.75 Å². The summed E-state index contributed by atoms with van der Waals surface area (Å²) >= 11 is 0. The number of nitrogens with zero attached hydrogens (tertiary/aromatic N) is 1. The van der Waals surface area contributed by atoms with Crippen molar-refractivity contribution >= 4 is 22.1 Å². The zero-order valence-corrected chi connectivity index (χ0v) is 19.1. The number of halogens is 1. The lowest BCUT2D eigenvalue weighted by atomic mass is 10.2. The topological polar surface area (TPSA) is 115 Å². The van der Waals surface area contributed by atoms with Gasteiger partial charge in [0.05, 0.1) is 19.4 Å².